The zero-order valence-electron chi connectivity index (χ0n) is 16.4. The molecule has 0 aliphatic rings. The molecule has 0 N–H and O–H groups in total. The minimum absolute atomic E-state index is 0.243. The minimum atomic E-state index is -0.484. The number of hydrogen-bond acceptors (Lipinski definition) is 4. The molecule has 1 aromatic carbocycles. The van der Waals surface area contributed by atoms with E-state index in [0.29, 0.717) is 19.1 Å². The molecule has 0 saturated carbocycles. The van der Waals surface area contributed by atoms with Crippen LogP contribution in [0.15, 0.2) is 24.3 Å². The van der Waals surface area contributed by atoms with Gasteiger partial charge in [-0.2, -0.15) is 0 Å². The van der Waals surface area contributed by atoms with Gasteiger partial charge in [0.1, 0.15) is 0 Å². The fraction of sp³-hybridized carbons (Fsp3) is 0.619. The standard InChI is InChI=1S/C21H32O4/c1-15(2)14-25-20(23)18-10-8-7-9-17(18)19(22)24-12-11-16(3)13-21(4,5)6/h7-10,15-16H,11-14H2,1-6H3. The maximum Gasteiger partial charge on any atom is 0.339 e. The van der Waals surface area contributed by atoms with Crippen LogP contribution in [0.1, 0.15) is 75.1 Å². The van der Waals surface area contributed by atoms with Crippen LogP contribution in [-0.4, -0.2) is 25.2 Å². The average Bonchev–Trinajstić information content (AvgIpc) is 2.50. The van der Waals surface area contributed by atoms with Crippen molar-refractivity contribution in [1.82, 2.24) is 0 Å². The number of benzene rings is 1. The molecule has 0 bridgehead atoms. The second-order valence-electron chi connectivity index (χ2n) is 8.33. The van der Waals surface area contributed by atoms with Gasteiger partial charge in [-0.25, -0.2) is 9.59 Å². The van der Waals surface area contributed by atoms with Crippen molar-refractivity contribution in [2.75, 3.05) is 13.2 Å². The van der Waals surface area contributed by atoms with Crippen LogP contribution in [0.5, 0.6) is 0 Å². The number of rotatable bonds is 8. The average molecular weight is 348 g/mol. The molecular formula is C21H32O4. The van der Waals surface area contributed by atoms with Crippen molar-refractivity contribution >= 4 is 11.9 Å². The zero-order valence-corrected chi connectivity index (χ0v) is 16.4. The second-order valence-corrected chi connectivity index (χ2v) is 8.33. The highest BCUT2D eigenvalue weighted by atomic mass is 16.5. The zero-order chi connectivity index (χ0) is 19.0. The molecule has 0 aliphatic carbocycles. The third-order valence-corrected chi connectivity index (χ3v) is 3.72. The molecule has 25 heavy (non-hydrogen) atoms. The van der Waals surface area contributed by atoms with E-state index in [-0.39, 0.29) is 22.5 Å². The van der Waals surface area contributed by atoms with Gasteiger partial charge in [0.15, 0.2) is 0 Å². The summed E-state index contributed by atoms with van der Waals surface area (Å²) in [6.07, 6.45) is 1.88. The predicted octanol–water partition coefficient (Wildman–Crippen LogP) is 5.12. The van der Waals surface area contributed by atoms with Crippen molar-refractivity contribution in [2.24, 2.45) is 17.3 Å². The predicted molar refractivity (Wildman–Crippen MR) is 99.7 cm³/mol. The lowest BCUT2D eigenvalue weighted by Gasteiger charge is -2.23. The molecular weight excluding hydrogens is 316 g/mol. The third kappa shape index (κ3) is 8.19. The van der Waals surface area contributed by atoms with Crippen LogP contribution >= 0.6 is 0 Å². The van der Waals surface area contributed by atoms with E-state index in [9.17, 15) is 9.59 Å². The fourth-order valence-corrected chi connectivity index (χ4v) is 2.74. The number of esters is 2. The van der Waals surface area contributed by atoms with Gasteiger partial charge in [0.05, 0.1) is 24.3 Å². The quantitative estimate of drug-likeness (QED) is 0.612. The summed E-state index contributed by atoms with van der Waals surface area (Å²) in [4.78, 5) is 24.5. The minimum Gasteiger partial charge on any atom is -0.462 e. The molecule has 140 valence electrons. The van der Waals surface area contributed by atoms with E-state index in [1.807, 2.05) is 13.8 Å². The molecule has 1 rings (SSSR count). The molecule has 1 atom stereocenters. The van der Waals surface area contributed by atoms with Crippen molar-refractivity contribution in [2.45, 2.75) is 54.4 Å². The van der Waals surface area contributed by atoms with Crippen molar-refractivity contribution in [3.05, 3.63) is 35.4 Å². The first-order valence-corrected chi connectivity index (χ1v) is 9.03. The first-order chi connectivity index (χ1) is 11.6. The van der Waals surface area contributed by atoms with E-state index >= 15 is 0 Å². The molecule has 0 saturated heterocycles. The van der Waals surface area contributed by atoms with E-state index in [2.05, 4.69) is 27.7 Å². The Morgan fingerprint density at radius 2 is 1.48 bits per heavy atom. The topological polar surface area (TPSA) is 52.6 Å². The van der Waals surface area contributed by atoms with Gasteiger partial charge in [-0.15, -0.1) is 0 Å². The highest BCUT2D eigenvalue weighted by Crippen LogP contribution is 2.26. The third-order valence-electron chi connectivity index (χ3n) is 3.72. The normalized spacial score (nSPS) is 12.8. The van der Waals surface area contributed by atoms with Gasteiger partial charge in [-0.3, -0.25) is 0 Å². The summed E-state index contributed by atoms with van der Waals surface area (Å²) in [6, 6.07) is 6.64. The summed E-state index contributed by atoms with van der Waals surface area (Å²) in [6.45, 7) is 13.4. The fourth-order valence-electron chi connectivity index (χ4n) is 2.74. The van der Waals surface area contributed by atoms with Crippen LogP contribution in [0.2, 0.25) is 0 Å². The summed E-state index contributed by atoms with van der Waals surface area (Å²) in [5, 5.41) is 0. The Morgan fingerprint density at radius 1 is 0.960 bits per heavy atom. The van der Waals surface area contributed by atoms with Crippen LogP contribution in [0.3, 0.4) is 0 Å². The molecule has 0 heterocycles. The Bertz CT molecular complexity index is 570. The molecule has 0 radical (unpaired) electrons. The first kappa shape index (κ1) is 21.2. The lowest BCUT2D eigenvalue weighted by Crippen LogP contribution is -2.17. The van der Waals surface area contributed by atoms with Crippen LogP contribution in [0.25, 0.3) is 0 Å². The molecule has 4 nitrogen and oxygen atoms in total. The van der Waals surface area contributed by atoms with Gasteiger partial charge in [-0.05, 0) is 42.2 Å². The van der Waals surface area contributed by atoms with Gasteiger partial charge in [0.2, 0.25) is 0 Å². The highest BCUT2D eigenvalue weighted by molar-refractivity contribution is 6.03. The van der Waals surface area contributed by atoms with Crippen LogP contribution in [-0.2, 0) is 9.47 Å². The lowest BCUT2D eigenvalue weighted by molar-refractivity contribution is 0.0420. The molecule has 0 amide bonds. The SMILES string of the molecule is CC(C)COC(=O)c1ccccc1C(=O)OCCC(C)CC(C)(C)C. The van der Waals surface area contributed by atoms with Crippen LogP contribution < -0.4 is 0 Å². The summed E-state index contributed by atoms with van der Waals surface area (Å²) >= 11 is 0. The van der Waals surface area contributed by atoms with Crippen molar-refractivity contribution in [3.8, 4) is 0 Å². The number of hydrogen-bond donors (Lipinski definition) is 0. The monoisotopic (exact) mass is 348 g/mol. The van der Waals surface area contributed by atoms with Crippen LogP contribution in [0, 0.1) is 17.3 Å². The molecule has 4 heteroatoms. The maximum absolute atomic E-state index is 12.3. The number of ether oxygens (including phenoxy) is 2. The maximum atomic E-state index is 12.3. The Balaban J connectivity index is 2.62. The number of carbonyl (C=O) groups is 2. The van der Waals surface area contributed by atoms with E-state index < -0.39 is 11.9 Å². The highest BCUT2D eigenvalue weighted by Gasteiger charge is 2.20. The van der Waals surface area contributed by atoms with Crippen molar-refractivity contribution in [3.63, 3.8) is 0 Å². The van der Waals surface area contributed by atoms with Crippen molar-refractivity contribution in [1.29, 1.82) is 0 Å². The van der Waals surface area contributed by atoms with Gasteiger partial charge >= 0.3 is 11.9 Å². The first-order valence-electron chi connectivity index (χ1n) is 9.03. The molecule has 0 aliphatic heterocycles. The molecule has 0 fully saturated rings. The molecule has 1 unspecified atom stereocenters. The Hall–Kier alpha value is -1.84. The Kier molecular flexibility index (Phi) is 8.14. The summed E-state index contributed by atoms with van der Waals surface area (Å²) < 4.78 is 10.6. The largest absolute Gasteiger partial charge is 0.462 e. The van der Waals surface area contributed by atoms with E-state index in [4.69, 9.17) is 9.47 Å². The summed E-state index contributed by atoms with van der Waals surface area (Å²) in [7, 11) is 0. The van der Waals surface area contributed by atoms with E-state index in [0.717, 1.165) is 12.8 Å². The Labute approximate surface area is 151 Å². The number of carbonyl (C=O) groups excluding carboxylic acids is 2. The molecule has 0 aromatic heterocycles. The van der Waals surface area contributed by atoms with Gasteiger partial charge in [-0.1, -0.05) is 53.7 Å². The van der Waals surface area contributed by atoms with Crippen molar-refractivity contribution < 1.29 is 19.1 Å². The smallest absolute Gasteiger partial charge is 0.339 e. The van der Waals surface area contributed by atoms with E-state index in [1.165, 1.54) is 0 Å². The van der Waals surface area contributed by atoms with Crippen LogP contribution in [0.4, 0.5) is 0 Å². The molecule has 1 aromatic rings. The van der Waals surface area contributed by atoms with Gasteiger partial charge in [0, 0.05) is 0 Å². The second kappa shape index (κ2) is 9.59. The molecule has 0 spiro atoms. The lowest BCUT2D eigenvalue weighted by atomic mass is 9.84. The summed E-state index contributed by atoms with van der Waals surface area (Å²) in [5.74, 6) is -0.242. The van der Waals surface area contributed by atoms with Gasteiger partial charge < -0.3 is 9.47 Å². The van der Waals surface area contributed by atoms with Gasteiger partial charge in [0.25, 0.3) is 0 Å². The Morgan fingerprint density at radius 3 is 1.96 bits per heavy atom. The summed E-state index contributed by atoms with van der Waals surface area (Å²) in [5.41, 5.74) is 0.784. The van der Waals surface area contributed by atoms with E-state index in [1.54, 1.807) is 24.3 Å².